The van der Waals surface area contributed by atoms with Gasteiger partial charge >= 0.3 is 6.03 Å². The van der Waals surface area contributed by atoms with Gasteiger partial charge in [0, 0.05) is 25.5 Å². The number of pyridine rings is 1. The Morgan fingerprint density at radius 2 is 2.18 bits per heavy atom. The maximum absolute atomic E-state index is 12.6. The van der Waals surface area contributed by atoms with E-state index >= 15 is 0 Å². The predicted molar refractivity (Wildman–Crippen MR) is 76.2 cm³/mol. The lowest BCUT2D eigenvalue weighted by Crippen LogP contribution is -2.55. The molecule has 0 bridgehead atoms. The fraction of sp³-hybridized carbons (Fsp3) is 0.429. The third-order valence-corrected chi connectivity index (χ3v) is 4.03. The number of hydrogen-bond donors (Lipinski definition) is 0. The molecule has 2 aromatic heterocycles. The van der Waals surface area contributed by atoms with E-state index in [-0.39, 0.29) is 12.1 Å². The van der Waals surface area contributed by atoms with Crippen LogP contribution >= 0.6 is 0 Å². The monoisotopic (exact) mass is 300 g/mol. The molecule has 8 heteroatoms. The lowest BCUT2D eigenvalue weighted by Gasteiger charge is -2.41. The summed E-state index contributed by atoms with van der Waals surface area (Å²) in [5.41, 5.74) is 0.807. The number of ether oxygens (including phenoxy) is 1. The summed E-state index contributed by atoms with van der Waals surface area (Å²) in [6.45, 7) is 2.87. The second-order valence-electron chi connectivity index (χ2n) is 5.44. The van der Waals surface area contributed by atoms with Crippen molar-refractivity contribution >= 4 is 6.03 Å². The largest absolute Gasteiger partial charge is 0.490 e. The van der Waals surface area contributed by atoms with Gasteiger partial charge in [-0.2, -0.15) is 0 Å². The van der Waals surface area contributed by atoms with Crippen molar-refractivity contribution in [3.8, 4) is 5.75 Å². The number of nitrogens with zero attached hydrogens (tertiary/aromatic N) is 6. The maximum atomic E-state index is 12.6. The number of likely N-dealkylation sites (tertiary alicyclic amines) is 1. The molecular formula is C14H16N6O2. The van der Waals surface area contributed by atoms with Gasteiger partial charge in [0.05, 0.1) is 25.3 Å². The highest BCUT2D eigenvalue weighted by Crippen LogP contribution is 2.24. The molecule has 0 aromatic carbocycles. The molecule has 4 heterocycles. The van der Waals surface area contributed by atoms with E-state index in [2.05, 4.69) is 15.3 Å². The van der Waals surface area contributed by atoms with Gasteiger partial charge in [-0.1, -0.05) is 5.21 Å². The molecule has 1 fully saturated rings. The lowest BCUT2D eigenvalue weighted by atomic mass is 10.1. The Kier molecular flexibility index (Phi) is 3.14. The number of aromatic nitrogens is 4. The third-order valence-electron chi connectivity index (χ3n) is 4.03. The van der Waals surface area contributed by atoms with E-state index in [1.807, 2.05) is 23.2 Å². The highest BCUT2D eigenvalue weighted by molar-refractivity contribution is 5.75. The number of urea groups is 1. The van der Waals surface area contributed by atoms with Crippen molar-refractivity contribution in [1.82, 2.24) is 29.8 Å². The lowest BCUT2D eigenvalue weighted by molar-refractivity contribution is 0.0850. The summed E-state index contributed by atoms with van der Waals surface area (Å²) in [5.74, 6) is 0.766. The zero-order chi connectivity index (χ0) is 14.9. The number of fused-ring (bicyclic) bond motifs is 1. The van der Waals surface area contributed by atoms with Gasteiger partial charge in [0.1, 0.15) is 18.1 Å². The molecule has 2 amide bonds. The SMILES string of the molecule is O=C(N1CCOc2cccnc2C1)N1CC(n2ccnn2)C1. The molecule has 2 aliphatic heterocycles. The van der Waals surface area contributed by atoms with Crippen LogP contribution in [0.2, 0.25) is 0 Å². The predicted octanol–water partition coefficient (Wildman–Crippen LogP) is 0.544. The Morgan fingerprint density at radius 3 is 3.00 bits per heavy atom. The summed E-state index contributed by atoms with van der Waals surface area (Å²) < 4.78 is 7.44. The second kappa shape index (κ2) is 5.28. The van der Waals surface area contributed by atoms with Gasteiger partial charge < -0.3 is 14.5 Å². The fourth-order valence-corrected chi connectivity index (χ4v) is 2.75. The van der Waals surface area contributed by atoms with Crippen molar-refractivity contribution in [3.05, 3.63) is 36.4 Å². The average molecular weight is 300 g/mol. The molecule has 0 atom stereocenters. The molecule has 0 spiro atoms. The number of carbonyl (C=O) groups is 1. The van der Waals surface area contributed by atoms with Crippen molar-refractivity contribution in [3.63, 3.8) is 0 Å². The normalized spacial score (nSPS) is 18.2. The van der Waals surface area contributed by atoms with Crippen LogP contribution in [-0.2, 0) is 6.54 Å². The van der Waals surface area contributed by atoms with Crippen LogP contribution in [0.1, 0.15) is 11.7 Å². The minimum atomic E-state index is 0.0264. The molecule has 0 N–H and O–H groups in total. The van der Waals surface area contributed by atoms with Gasteiger partial charge in [-0.3, -0.25) is 4.98 Å². The van der Waals surface area contributed by atoms with Crippen molar-refractivity contribution in [2.45, 2.75) is 12.6 Å². The van der Waals surface area contributed by atoms with Crippen molar-refractivity contribution in [2.24, 2.45) is 0 Å². The smallest absolute Gasteiger partial charge is 0.320 e. The van der Waals surface area contributed by atoms with Gasteiger partial charge in [-0.05, 0) is 12.1 Å². The summed E-state index contributed by atoms with van der Waals surface area (Å²) in [6.07, 6.45) is 5.20. The van der Waals surface area contributed by atoms with E-state index in [1.54, 1.807) is 22.0 Å². The summed E-state index contributed by atoms with van der Waals surface area (Å²) in [4.78, 5) is 20.5. The van der Waals surface area contributed by atoms with Gasteiger partial charge in [0.2, 0.25) is 0 Å². The number of amides is 2. The number of hydrogen-bond acceptors (Lipinski definition) is 5. The third kappa shape index (κ3) is 2.26. The highest BCUT2D eigenvalue weighted by atomic mass is 16.5. The average Bonchev–Trinajstić information content (AvgIpc) is 2.91. The van der Waals surface area contributed by atoms with Crippen LogP contribution in [-0.4, -0.2) is 62.0 Å². The van der Waals surface area contributed by atoms with Gasteiger partial charge in [-0.25, -0.2) is 9.48 Å². The summed E-state index contributed by atoms with van der Waals surface area (Å²) in [5, 5.41) is 7.77. The van der Waals surface area contributed by atoms with E-state index in [0.29, 0.717) is 32.8 Å². The summed E-state index contributed by atoms with van der Waals surface area (Å²) in [6, 6.07) is 3.98. The molecule has 1 saturated heterocycles. The topological polar surface area (TPSA) is 76.4 Å². The molecule has 0 saturated carbocycles. The van der Waals surface area contributed by atoms with Crippen molar-refractivity contribution in [1.29, 1.82) is 0 Å². The first-order valence-electron chi connectivity index (χ1n) is 7.27. The first-order valence-corrected chi connectivity index (χ1v) is 7.27. The molecule has 114 valence electrons. The van der Waals surface area contributed by atoms with Crippen molar-refractivity contribution in [2.75, 3.05) is 26.2 Å². The van der Waals surface area contributed by atoms with Crippen LogP contribution in [0, 0.1) is 0 Å². The number of carbonyl (C=O) groups excluding carboxylic acids is 1. The quantitative estimate of drug-likeness (QED) is 0.768. The van der Waals surface area contributed by atoms with E-state index in [0.717, 1.165) is 11.4 Å². The van der Waals surface area contributed by atoms with Crippen LogP contribution in [0.25, 0.3) is 0 Å². The zero-order valence-electron chi connectivity index (χ0n) is 12.0. The molecule has 0 aliphatic carbocycles. The van der Waals surface area contributed by atoms with Crippen LogP contribution in [0.3, 0.4) is 0 Å². The minimum Gasteiger partial charge on any atom is -0.490 e. The standard InChI is InChI=1S/C14H16N6O2/c21-14(19-8-11(9-19)20-5-4-16-17-20)18-6-7-22-13-2-1-3-15-12(13)10-18/h1-5,11H,6-10H2. The van der Waals surface area contributed by atoms with Gasteiger partial charge in [0.25, 0.3) is 0 Å². The summed E-state index contributed by atoms with van der Waals surface area (Å²) in [7, 11) is 0. The second-order valence-corrected chi connectivity index (χ2v) is 5.44. The van der Waals surface area contributed by atoms with Crippen LogP contribution in [0.15, 0.2) is 30.7 Å². The fourth-order valence-electron chi connectivity index (χ4n) is 2.75. The molecule has 2 aliphatic rings. The van der Waals surface area contributed by atoms with E-state index in [1.165, 1.54) is 0 Å². The van der Waals surface area contributed by atoms with E-state index < -0.39 is 0 Å². The minimum absolute atomic E-state index is 0.0264. The zero-order valence-corrected chi connectivity index (χ0v) is 12.0. The Hall–Kier alpha value is -2.64. The molecule has 8 nitrogen and oxygen atoms in total. The van der Waals surface area contributed by atoms with Gasteiger partial charge in [0.15, 0.2) is 0 Å². The Morgan fingerprint density at radius 1 is 1.27 bits per heavy atom. The number of rotatable bonds is 1. The van der Waals surface area contributed by atoms with Crippen LogP contribution in [0.4, 0.5) is 4.79 Å². The Balaban J connectivity index is 1.41. The van der Waals surface area contributed by atoms with Crippen molar-refractivity contribution < 1.29 is 9.53 Å². The van der Waals surface area contributed by atoms with Crippen LogP contribution < -0.4 is 4.74 Å². The van der Waals surface area contributed by atoms with Crippen LogP contribution in [0.5, 0.6) is 5.75 Å². The maximum Gasteiger partial charge on any atom is 0.320 e. The molecule has 0 unspecified atom stereocenters. The van der Waals surface area contributed by atoms with E-state index in [4.69, 9.17) is 4.74 Å². The first-order chi connectivity index (χ1) is 10.8. The first kappa shape index (κ1) is 13.1. The molecule has 22 heavy (non-hydrogen) atoms. The van der Waals surface area contributed by atoms with Gasteiger partial charge in [-0.15, -0.1) is 5.10 Å². The molecule has 2 aromatic rings. The van der Waals surface area contributed by atoms with E-state index in [9.17, 15) is 4.79 Å². The summed E-state index contributed by atoms with van der Waals surface area (Å²) >= 11 is 0. The Labute approximate surface area is 127 Å². The Bertz CT molecular complexity index is 668. The molecular weight excluding hydrogens is 284 g/mol. The highest BCUT2D eigenvalue weighted by Gasteiger charge is 2.35. The molecule has 0 radical (unpaired) electrons. The molecule has 4 rings (SSSR count).